The standard InChI is InChI=1S/C15H20F3NO2/c1-2-20-14(9-5-6-10-14)13(19)11-7-3-4-8-12(11)21-15(16,17)18/h3-4,7-8,13H,2,5-6,9-10,19H2,1H3. The summed E-state index contributed by atoms with van der Waals surface area (Å²) in [6.45, 7) is 2.35. The number of ether oxygens (including phenoxy) is 2. The fraction of sp³-hybridized carbons (Fsp3) is 0.600. The van der Waals surface area contributed by atoms with Crippen LogP contribution in [-0.2, 0) is 4.74 Å². The summed E-state index contributed by atoms with van der Waals surface area (Å²) in [6, 6.07) is 5.38. The molecule has 21 heavy (non-hydrogen) atoms. The van der Waals surface area contributed by atoms with Crippen molar-refractivity contribution in [2.45, 2.75) is 50.6 Å². The lowest BCUT2D eigenvalue weighted by Gasteiger charge is -2.36. The summed E-state index contributed by atoms with van der Waals surface area (Å²) in [4.78, 5) is 0. The predicted octanol–water partition coefficient (Wildman–Crippen LogP) is 3.93. The number of halogens is 3. The highest BCUT2D eigenvalue weighted by Gasteiger charge is 2.43. The molecule has 1 aliphatic rings. The van der Waals surface area contributed by atoms with E-state index in [1.54, 1.807) is 12.1 Å². The Labute approximate surface area is 122 Å². The molecule has 0 saturated heterocycles. The molecule has 1 aliphatic carbocycles. The van der Waals surface area contributed by atoms with E-state index in [-0.39, 0.29) is 5.75 Å². The zero-order valence-corrected chi connectivity index (χ0v) is 12.0. The van der Waals surface area contributed by atoms with Gasteiger partial charge in [-0.15, -0.1) is 13.2 Å². The van der Waals surface area contributed by atoms with Crippen molar-refractivity contribution in [2.24, 2.45) is 5.73 Å². The third-order valence-electron chi connectivity index (χ3n) is 3.93. The Hall–Kier alpha value is -1.27. The van der Waals surface area contributed by atoms with Crippen molar-refractivity contribution in [3.8, 4) is 5.75 Å². The van der Waals surface area contributed by atoms with Crippen molar-refractivity contribution < 1.29 is 22.6 Å². The van der Waals surface area contributed by atoms with E-state index in [9.17, 15) is 13.2 Å². The lowest BCUT2D eigenvalue weighted by Crippen LogP contribution is -2.41. The quantitative estimate of drug-likeness (QED) is 0.896. The van der Waals surface area contributed by atoms with Crippen LogP contribution in [0.5, 0.6) is 5.75 Å². The molecule has 1 atom stereocenters. The Bertz CT molecular complexity index is 470. The first-order valence-electron chi connectivity index (χ1n) is 7.12. The Morgan fingerprint density at radius 1 is 1.24 bits per heavy atom. The van der Waals surface area contributed by atoms with Crippen molar-refractivity contribution in [1.82, 2.24) is 0 Å². The lowest BCUT2D eigenvalue weighted by atomic mass is 9.87. The number of benzene rings is 1. The molecule has 3 nitrogen and oxygen atoms in total. The minimum atomic E-state index is -4.73. The van der Waals surface area contributed by atoms with Gasteiger partial charge >= 0.3 is 6.36 Å². The maximum absolute atomic E-state index is 12.5. The Balaban J connectivity index is 2.31. The average molecular weight is 303 g/mol. The fourth-order valence-electron chi connectivity index (χ4n) is 3.04. The molecule has 0 spiro atoms. The van der Waals surface area contributed by atoms with Gasteiger partial charge in [-0.3, -0.25) is 0 Å². The second-order valence-corrected chi connectivity index (χ2v) is 5.27. The molecule has 0 bridgehead atoms. The SMILES string of the molecule is CCOC1(C(N)c2ccccc2OC(F)(F)F)CCCC1. The smallest absolute Gasteiger partial charge is 0.405 e. The van der Waals surface area contributed by atoms with Crippen LogP contribution in [0.15, 0.2) is 24.3 Å². The molecule has 0 aliphatic heterocycles. The minimum Gasteiger partial charge on any atom is -0.405 e. The van der Waals surface area contributed by atoms with Gasteiger partial charge in [0.25, 0.3) is 0 Å². The molecule has 0 amide bonds. The fourth-order valence-corrected chi connectivity index (χ4v) is 3.04. The first kappa shape index (κ1) is 16.1. The number of hydrogen-bond donors (Lipinski definition) is 1. The summed E-state index contributed by atoms with van der Waals surface area (Å²) < 4.78 is 47.5. The summed E-state index contributed by atoms with van der Waals surface area (Å²) >= 11 is 0. The van der Waals surface area contributed by atoms with Crippen LogP contribution in [0.4, 0.5) is 13.2 Å². The van der Waals surface area contributed by atoms with Gasteiger partial charge in [-0.25, -0.2) is 0 Å². The molecule has 1 fully saturated rings. The maximum Gasteiger partial charge on any atom is 0.573 e. The van der Waals surface area contributed by atoms with Gasteiger partial charge in [0.2, 0.25) is 0 Å². The second-order valence-electron chi connectivity index (χ2n) is 5.27. The molecule has 1 aromatic rings. The van der Waals surface area contributed by atoms with E-state index >= 15 is 0 Å². The van der Waals surface area contributed by atoms with Crippen molar-refractivity contribution in [3.05, 3.63) is 29.8 Å². The lowest BCUT2D eigenvalue weighted by molar-refractivity contribution is -0.275. The van der Waals surface area contributed by atoms with Gasteiger partial charge in [0, 0.05) is 12.2 Å². The van der Waals surface area contributed by atoms with E-state index < -0.39 is 18.0 Å². The molecule has 1 saturated carbocycles. The topological polar surface area (TPSA) is 44.5 Å². The second kappa shape index (κ2) is 6.23. The largest absolute Gasteiger partial charge is 0.573 e. The highest BCUT2D eigenvalue weighted by atomic mass is 19.4. The first-order chi connectivity index (χ1) is 9.88. The Morgan fingerprint density at radius 2 is 1.86 bits per heavy atom. The summed E-state index contributed by atoms with van der Waals surface area (Å²) in [5.41, 5.74) is 6.01. The van der Waals surface area contributed by atoms with Gasteiger partial charge < -0.3 is 15.2 Å². The molecule has 118 valence electrons. The molecular formula is C15H20F3NO2. The highest BCUT2D eigenvalue weighted by Crippen LogP contribution is 2.44. The molecule has 0 radical (unpaired) electrons. The number of nitrogens with two attached hydrogens (primary N) is 1. The van der Waals surface area contributed by atoms with Crippen LogP contribution in [0.1, 0.15) is 44.2 Å². The molecular weight excluding hydrogens is 283 g/mol. The number of hydrogen-bond acceptors (Lipinski definition) is 3. The third-order valence-corrected chi connectivity index (χ3v) is 3.93. The molecule has 1 unspecified atom stereocenters. The van der Waals surface area contributed by atoms with E-state index in [2.05, 4.69) is 4.74 Å². The van der Waals surface area contributed by atoms with E-state index in [0.717, 1.165) is 25.7 Å². The van der Waals surface area contributed by atoms with Crippen LogP contribution in [0.25, 0.3) is 0 Å². The van der Waals surface area contributed by atoms with Gasteiger partial charge in [0.1, 0.15) is 5.75 Å². The molecule has 2 rings (SSSR count). The number of para-hydroxylation sites is 1. The van der Waals surface area contributed by atoms with Crippen molar-refractivity contribution >= 4 is 0 Å². The summed E-state index contributed by atoms with van der Waals surface area (Å²) in [5, 5.41) is 0. The molecule has 6 heteroatoms. The summed E-state index contributed by atoms with van der Waals surface area (Å²) in [6.07, 6.45) is -1.29. The zero-order valence-electron chi connectivity index (χ0n) is 12.0. The number of alkyl halides is 3. The Morgan fingerprint density at radius 3 is 2.43 bits per heavy atom. The van der Waals surface area contributed by atoms with Crippen molar-refractivity contribution in [1.29, 1.82) is 0 Å². The maximum atomic E-state index is 12.5. The Kier molecular flexibility index (Phi) is 4.78. The van der Waals surface area contributed by atoms with E-state index in [1.807, 2.05) is 6.92 Å². The van der Waals surface area contributed by atoms with Crippen LogP contribution < -0.4 is 10.5 Å². The van der Waals surface area contributed by atoms with E-state index in [0.29, 0.717) is 12.2 Å². The normalized spacial score (nSPS) is 19.5. The highest BCUT2D eigenvalue weighted by molar-refractivity contribution is 5.37. The van der Waals surface area contributed by atoms with Gasteiger partial charge in [-0.2, -0.15) is 0 Å². The van der Waals surface area contributed by atoms with Gasteiger partial charge in [0.05, 0.1) is 11.6 Å². The third kappa shape index (κ3) is 3.68. The molecule has 0 aromatic heterocycles. The first-order valence-corrected chi connectivity index (χ1v) is 7.12. The van der Waals surface area contributed by atoms with Crippen molar-refractivity contribution in [3.63, 3.8) is 0 Å². The van der Waals surface area contributed by atoms with Gasteiger partial charge in [-0.1, -0.05) is 31.0 Å². The van der Waals surface area contributed by atoms with Crippen molar-refractivity contribution in [2.75, 3.05) is 6.61 Å². The summed E-state index contributed by atoms with van der Waals surface area (Å²) in [7, 11) is 0. The van der Waals surface area contributed by atoms with Crippen LogP contribution in [0.2, 0.25) is 0 Å². The van der Waals surface area contributed by atoms with Gasteiger partial charge in [-0.05, 0) is 25.8 Å². The van der Waals surface area contributed by atoms with Crippen LogP contribution in [0, 0.1) is 0 Å². The average Bonchev–Trinajstić information content (AvgIpc) is 2.87. The molecule has 0 heterocycles. The van der Waals surface area contributed by atoms with Crippen LogP contribution in [0.3, 0.4) is 0 Å². The van der Waals surface area contributed by atoms with Crippen LogP contribution in [-0.4, -0.2) is 18.6 Å². The van der Waals surface area contributed by atoms with E-state index in [1.165, 1.54) is 12.1 Å². The van der Waals surface area contributed by atoms with Gasteiger partial charge in [0.15, 0.2) is 0 Å². The molecule has 2 N–H and O–H groups in total. The minimum absolute atomic E-state index is 0.247. The van der Waals surface area contributed by atoms with E-state index in [4.69, 9.17) is 10.5 Å². The number of rotatable bonds is 5. The monoisotopic (exact) mass is 303 g/mol. The van der Waals surface area contributed by atoms with Crippen LogP contribution >= 0.6 is 0 Å². The molecule has 1 aromatic carbocycles. The predicted molar refractivity (Wildman–Crippen MR) is 72.9 cm³/mol. The zero-order chi connectivity index (χ0) is 15.5. The summed E-state index contributed by atoms with van der Waals surface area (Å²) in [5.74, 6) is -0.247.